The third kappa shape index (κ3) is 3.31. The number of nitrogens with zero attached hydrogens (tertiary/aromatic N) is 1. The Morgan fingerprint density at radius 3 is 2.37 bits per heavy atom. The Kier molecular flexibility index (Phi) is 3.57. The van der Waals surface area contributed by atoms with Crippen LogP contribution in [0.5, 0.6) is 0 Å². The van der Waals surface area contributed by atoms with Crippen molar-refractivity contribution in [3.05, 3.63) is 46.5 Å². The van der Waals surface area contributed by atoms with Crippen molar-refractivity contribution in [2.45, 2.75) is 13.1 Å². The summed E-state index contributed by atoms with van der Waals surface area (Å²) in [4.78, 5) is 15.8. The molecule has 1 aromatic carbocycles. The molecule has 0 fully saturated rings. The van der Waals surface area contributed by atoms with E-state index in [1.165, 1.54) is 11.3 Å². The first-order valence-corrected chi connectivity index (χ1v) is 6.15. The minimum Gasteiger partial charge on any atom is -0.298 e. The first-order chi connectivity index (χ1) is 8.86. The number of halogens is 3. The normalized spacial score (nSPS) is 11.4. The summed E-state index contributed by atoms with van der Waals surface area (Å²) in [5, 5.41) is 4.71. The highest BCUT2D eigenvalue weighted by atomic mass is 32.1. The molecule has 19 heavy (non-hydrogen) atoms. The number of hydrogen-bond donors (Lipinski definition) is 1. The Morgan fingerprint density at radius 1 is 1.26 bits per heavy atom. The number of anilines is 1. The van der Waals surface area contributed by atoms with Crippen LogP contribution in [0, 0.1) is 6.92 Å². The summed E-state index contributed by atoms with van der Waals surface area (Å²) in [6, 6.07) is 4.03. The Labute approximate surface area is 111 Å². The van der Waals surface area contributed by atoms with Crippen LogP contribution in [0.4, 0.5) is 18.3 Å². The van der Waals surface area contributed by atoms with Crippen LogP contribution < -0.4 is 5.32 Å². The van der Waals surface area contributed by atoms with E-state index in [2.05, 4.69) is 10.3 Å². The van der Waals surface area contributed by atoms with E-state index in [0.29, 0.717) is 5.13 Å². The van der Waals surface area contributed by atoms with Gasteiger partial charge in [-0.05, 0) is 31.2 Å². The van der Waals surface area contributed by atoms with Crippen LogP contribution in [0.25, 0.3) is 0 Å². The molecule has 0 saturated heterocycles. The minimum absolute atomic E-state index is 0.154. The number of nitrogens with one attached hydrogen (secondary N) is 1. The summed E-state index contributed by atoms with van der Waals surface area (Å²) >= 11 is 1.26. The van der Waals surface area contributed by atoms with Crippen LogP contribution in [-0.4, -0.2) is 10.9 Å². The summed E-state index contributed by atoms with van der Waals surface area (Å²) in [7, 11) is 0. The van der Waals surface area contributed by atoms with Crippen LogP contribution in [-0.2, 0) is 6.18 Å². The number of aryl methyl sites for hydroxylation is 1. The number of carbonyl (C=O) groups excluding carboxylic acids is 1. The van der Waals surface area contributed by atoms with E-state index in [-0.39, 0.29) is 5.56 Å². The molecule has 0 atom stereocenters. The van der Waals surface area contributed by atoms with Crippen LogP contribution in [0.1, 0.15) is 21.6 Å². The van der Waals surface area contributed by atoms with Gasteiger partial charge in [0.05, 0.1) is 11.3 Å². The molecule has 2 aromatic rings. The van der Waals surface area contributed by atoms with Gasteiger partial charge in [0.1, 0.15) is 0 Å². The second-order valence-corrected chi connectivity index (χ2v) is 4.68. The Balaban J connectivity index is 2.12. The van der Waals surface area contributed by atoms with E-state index in [4.69, 9.17) is 0 Å². The van der Waals surface area contributed by atoms with E-state index < -0.39 is 17.6 Å². The third-order valence-corrected chi connectivity index (χ3v) is 3.19. The summed E-state index contributed by atoms with van der Waals surface area (Å²) in [5.41, 5.74) is 0.141. The molecule has 0 saturated carbocycles. The fourth-order valence-corrected chi connectivity index (χ4v) is 2.07. The lowest BCUT2D eigenvalue weighted by molar-refractivity contribution is -0.137. The van der Waals surface area contributed by atoms with Crippen LogP contribution in [0.15, 0.2) is 29.6 Å². The summed E-state index contributed by atoms with van der Waals surface area (Å²) in [6.07, 6.45) is -4.40. The molecule has 1 amide bonds. The van der Waals surface area contributed by atoms with Crippen LogP contribution >= 0.6 is 11.3 Å². The molecule has 0 bridgehead atoms. The lowest BCUT2D eigenvalue weighted by Gasteiger charge is -2.07. The van der Waals surface area contributed by atoms with E-state index in [1.54, 1.807) is 12.3 Å². The number of carbonyl (C=O) groups is 1. The predicted molar refractivity (Wildman–Crippen MR) is 66.2 cm³/mol. The zero-order valence-corrected chi connectivity index (χ0v) is 10.6. The van der Waals surface area contributed by atoms with Crippen molar-refractivity contribution in [1.29, 1.82) is 0 Å². The fraction of sp³-hybridized carbons (Fsp3) is 0.167. The van der Waals surface area contributed by atoms with Crippen molar-refractivity contribution in [2.24, 2.45) is 0 Å². The average Bonchev–Trinajstić information content (AvgIpc) is 2.74. The maximum Gasteiger partial charge on any atom is 0.416 e. The standard InChI is InChI=1S/C12H9F3N2OS/c1-7-6-19-11(16-7)17-10(18)8-2-4-9(5-3-8)12(13,14)15/h2-6H,1H3,(H,16,17,18). The second-order valence-electron chi connectivity index (χ2n) is 3.82. The van der Waals surface area contributed by atoms with Gasteiger partial charge in [0.25, 0.3) is 5.91 Å². The minimum atomic E-state index is -4.40. The number of benzene rings is 1. The monoisotopic (exact) mass is 286 g/mol. The molecule has 0 spiro atoms. The van der Waals surface area contributed by atoms with Gasteiger partial charge in [-0.25, -0.2) is 4.98 Å². The Morgan fingerprint density at radius 2 is 1.89 bits per heavy atom. The summed E-state index contributed by atoms with van der Waals surface area (Å²) < 4.78 is 37.1. The first kappa shape index (κ1) is 13.5. The number of hydrogen-bond acceptors (Lipinski definition) is 3. The van der Waals surface area contributed by atoms with Crippen LogP contribution in [0.2, 0.25) is 0 Å². The van der Waals surface area contributed by atoms with Gasteiger partial charge in [-0.1, -0.05) is 0 Å². The lowest BCUT2D eigenvalue weighted by Crippen LogP contribution is -2.12. The second kappa shape index (κ2) is 5.00. The van der Waals surface area contributed by atoms with Crippen LogP contribution in [0.3, 0.4) is 0 Å². The number of thiazole rings is 1. The van der Waals surface area contributed by atoms with Gasteiger partial charge in [-0.2, -0.15) is 13.2 Å². The number of aromatic nitrogens is 1. The molecule has 0 aliphatic heterocycles. The zero-order valence-electron chi connectivity index (χ0n) is 9.78. The molecule has 7 heteroatoms. The van der Waals surface area contributed by atoms with Gasteiger partial charge in [0.15, 0.2) is 5.13 Å². The first-order valence-electron chi connectivity index (χ1n) is 5.27. The highest BCUT2D eigenvalue weighted by Crippen LogP contribution is 2.29. The molecular formula is C12H9F3N2OS. The van der Waals surface area contributed by atoms with E-state index in [0.717, 1.165) is 30.0 Å². The largest absolute Gasteiger partial charge is 0.416 e. The quantitative estimate of drug-likeness (QED) is 0.914. The topological polar surface area (TPSA) is 42.0 Å². The number of alkyl halides is 3. The molecular weight excluding hydrogens is 277 g/mol. The fourth-order valence-electron chi connectivity index (χ4n) is 1.39. The van der Waals surface area contributed by atoms with Crippen molar-refractivity contribution >= 4 is 22.4 Å². The molecule has 3 nitrogen and oxygen atoms in total. The number of rotatable bonds is 2. The smallest absolute Gasteiger partial charge is 0.298 e. The molecule has 2 rings (SSSR count). The lowest BCUT2D eigenvalue weighted by atomic mass is 10.1. The summed E-state index contributed by atoms with van der Waals surface area (Å²) in [6.45, 7) is 1.78. The predicted octanol–water partition coefficient (Wildman–Crippen LogP) is 3.72. The van der Waals surface area contributed by atoms with Crippen molar-refractivity contribution in [1.82, 2.24) is 4.98 Å². The molecule has 0 aliphatic carbocycles. The van der Waals surface area contributed by atoms with E-state index in [1.807, 2.05) is 0 Å². The van der Waals surface area contributed by atoms with Gasteiger partial charge in [0.2, 0.25) is 0 Å². The molecule has 0 aliphatic rings. The molecule has 1 N–H and O–H groups in total. The molecule has 1 aromatic heterocycles. The van der Waals surface area contributed by atoms with Gasteiger partial charge < -0.3 is 0 Å². The van der Waals surface area contributed by atoms with Gasteiger partial charge in [-0.15, -0.1) is 11.3 Å². The van der Waals surface area contributed by atoms with Crippen molar-refractivity contribution in [3.8, 4) is 0 Å². The third-order valence-electron chi connectivity index (χ3n) is 2.31. The molecule has 1 heterocycles. The maximum atomic E-state index is 12.4. The SMILES string of the molecule is Cc1csc(NC(=O)c2ccc(C(F)(F)F)cc2)n1. The average molecular weight is 286 g/mol. The Hall–Kier alpha value is -1.89. The highest BCUT2D eigenvalue weighted by Gasteiger charge is 2.30. The molecule has 0 radical (unpaired) electrons. The van der Waals surface area contributed by atoms with E-state index >= 15 is 0 Å². The van der Waals surface area contributed by atoms with Crippen molar-refractivity contribution in [3.63, 3.8) is 0 Å². The number of amides is 1. The maximum absolute atomic E-state index is 12.4. The van der Waals surface area contributed by atoms with Gasteiger partial charge >= 0.3 is 6.18 Å². The van der Waals surface area contributed by atoms with Crippen molar-refractivity contribution in [2.75, 3.05) is 5.32 Å². The highest BCUT2D eigenvalue weighted by molar-refractivity contribution is 7.13. The van der Waals surface area contributed by atoms with Crippen molar-refractivity contribution < 1.29 is 18.0 Å². The summed E-state index contributed by atoms with van der Waals surface area (Å²) in [5.74, 6) is -0.483. The van der Waals surface area contributed by atoms with Gasteiger partial charge in [-0.3, -0.25) is 10.1 Å². The van der Waals surface area contributed by atoms with Gasteiger partial charge in [0, 0.05) is 10.9 Å². The molecule has 100 valence electrons. The Bertz CT molecular complexity index is 590. The molecule has 0 unspecified atom stereocenters. The zero-order chi connectivity index (χ0) is 14.0. The van der Waals surface area contributed by atoms with E-state index in [9.17, 15) is 18.0 Å².